The number of ether oxygens (including phenoxy) is 1. The fourth-order valence-corrected chi connectivity index (χ4v) is 2.14. The average molecular weight is 326 g/mol. The zero-order valence-electron chi connectivity index (χ0n) is 13.0. The second kappa shape index (κ2) is 8.10. The number of amides is 1. The molecule has 0 aliphatic rings. The Morgan fingerprint density at radius 3 is 2.57 bits per heavy atom. The van der Waals surface area contributed by atoms with Gasteiger partial charge in [-0.2, -0.15) is 0 Å². The molecule has 0 saturated carbocycles. The van der Waals surface area contributed by atoms with Gasteiger partial charge in [-0.3, -0.25) is 10.1 Å². The van der Waals surface area contributed by atoms with Crippen LogP contribution in [0.1, 0.15) is 11.1 Å². The first-order chi connectivity index (χ1) is 11.1. The van der Waals surface area contributed by atoms with E-state index in [4.69, 9.17) is 17.0 Å². The molecule has 0 unspecified atom stereocenters. The van der Waals surface area contributed by atoms with Crippen LogP contribution in [0.15, 0.2) is 54.6 Å². The Hall–Kier alpha value is -2.66. The van der Waals surface area contributed by atoms with Gasteiger partial charge >= 0.3 is 0 Å². The van der Waals surface area contributed by atoms with E-state index in [0.29, 0.717) is 0 Å². The van der Waals surface area contributed by atoms with Crippen LogP contribution in [0.3, 0.4) is 0 Å². The van der Waals surface area contributed by atoms with Gasteiger partial charge in [0.25, 0.3) is 0 Å². The Labute approximate surface area is 141 Å². The Morgan fingerprint density at radius 1 is 1.17 bits per heavy atom. The minimum Gasteiger partial charge on any atom is -0.497 e. The van der Waals surface area contributed by atoms with Crippen LogP contribution in [0.4, 0.5) is 5.69 Å². The van der Waals surface area contributed by atoms with Crippen molar-refractivity contribution >= 4 is 35.0 Å². The molecule has 0 bridgehead atoms. The van der Waals surface area contributed by atoms with Gasteiger partial charge in [0.05, 0.1) is 7.11 Å². The van der Waals surface area contributed by atoms with E-state index in [-0.39, 0.29) is 11.0 Å². The third-order valence-corrected chi connectivity index (χ3v) is 3.26. The number of anilines is 1. The molecule has 0 spiro atoms. The van der Waals surface area contributed by atoms with E-state index in [9.17, 15) is 4.79 Å². The summed E-state index contributed by atoms with van der Waals surface area (Å²) in [6.07, 6.45) is 3.15. The lowest BCUT2D eigenvalue weighted by Gasteiger charge is -2.08. The fourth-order valence-electron chi connectivity index (χ4n) is 1.93. The summed E-state index contributed by atoms with van der Waals surface area (Å²) in [5.41, 5.74) is 2.86. The van der Waals surface area contributed by atoms with Gasteiger partial charge in [0.1, 0.15) is 5.75 Å². The Bertz CT molecular complexity index is 724. The molecule has 2 rings (SSSR count). The van der Waals surface area contributed by atoms with Crippen molar-refractivity contribution in [3.8, 4) is 5.75 Å². The van der Waals surface area contributed by atoms with Crippen molar-refractivity contribution in [2.75, 3.05) is 12.4 Å². The summed E-state index contributed by atoms with van der Waals surface area (Å²) in [5, 5.41) is 5.85. The van der Waals surface area contributed by atoms with Gasteiger partial charge in [-0.25, -0.2) is 0 Å². The third kappa shape index (κ3) is 5.56. The maximum Gasteiger partial charge on any atom is 0.250 e. The molecule has 2 N–H and O–H groups in total. The number of rotatable bonds is 4. The predicted molar refractivity (Wildman–Crippen MR) is 97.6 cm³/mol. The number of thiocarbonyl (C=S) groups is 1. The van der Waals surface area contributed by atoms with Crippen molar-refractivity contribution in [3.63, 3.8) is 0 Å². The minimum atomic E-state index is -0.286. The first-order valence-electron chi connectivity index (χ1n) is 7.07. The molecule has 0 aliphatic heterocycles. The summed E-state index contributed by atoms with van der Waals surface area (Å²) in [6.45, 7) is 1.99. The molecule has 1 amide bonds. The summed E-state index contributed by atoms with van der Waals surface area (Å²) in [7, 11) is 1.61. The van der Waals surface area contributed by atoms with Gasteiger partial charge in [0, 0.05) is 11.8 Å². The molecule has 5 heteroatoms. The van der Waals surface area contributed by atoms with Crippen LogP contribution in [0.5, 0.6) is 5.75 Å². The van der Waals surface area contributed by atoms with Crippen molar-refractivity contribution in [2.24, 2.45) is 0 Å². The van der Waals surface area contributed by atoms with Crippen molar-refractivity contribution < 1.29 is 9.53 Å². The first-order valence-corrected chi connectivity index (χ1v) is 7.48. The molecule has 2 aromatic rings. The average Bonchev–Trinajstić information content (AvgIpc) is 2.53. The third-order valence-electron chi connectivity index (χ3n) is 3.06. The Balaban J connectivity index is 1.88. The van der Waals surface area contributed by atoms with Gasteiger partial charge in [-0.1, -0.05) is 24.3 Å². The maximum atomic E-state index is 11.9. The van der Waals surface area contributed by atoms with Crippen molar-refractivity contribution in [1.82, 2.24) is 5.32 Å². The summed E-state index contributed by atoms with van der Waals surface area (Å²) in [4.78, 5) is 11.9. The summed E-state index contributed by atoms with van der Waals surface area (Å²) >= 11 is 5.13. The summed E-state index contributed by atoms with van der Waals surface area (Å²) < 4.78 is 5.08. The molecule has 0 radical (unpaired) electrons. The monoisotopic (exact) mass is 326 g/mol. The highest BCUT2D eigenvalue weighted by molar-refractivity contribution is 7.80. The lowest BCUT2D eigenvalue weighted by atomic mass is 10.2. The standard InChI is InChI=1S/C18H18N2O2S/c1-13-4-3-5-15(12-13)19-18(23)20-17(21)11-8-14-6-9-16(22-2)10-7-14/h3-12H,1-2H3,(H2,19,20,21,23)/b11-8+. The number of hydrogen-bond acceptors (Lipinski definition) is 3. The van der Waals surface area contributed by atoms with E-state index >= 15 is 0 Å². The zero-order chi connectivity index (χ0) is 16.7. The molecule has 0 fully saturated rings. The highest BCUT2D eigenvalue weighted by Crippen LogP contribution is 2.12. The molecule has 23 heavy (non-hydrogen) atoms. The number of benzene rings is 2. The van der Waals surface area contributed by atoms with Crippen LogP contribution in [-0.4, -0.2) is 18.1 Å². The van der Waals surface area contributed by atoms with Crippen LogP contribution in [0.25, 0.3) is 6.08 Å². The molecule has 0 atom stereocenters. The first kappa shape index (κ1) is 16.7. The van der Waals surface area contributed by atoms with Gasteiger partial charge in [0.2, 0.25) is 5.91 Å². The lowest BCUT2D eigenvalue weighted by Crippen LogP contribution is -2.32. The van der Waals surface area contributed by atoms with Crippen LogP contribution < -0.4 is 15.4 Å². The number of aryl methyl sites for hydroxylation is 1. The minimum absolute atomic E-state index is 0.264. The van der Waals surface area contributed by atoms with E-state index in [1.807, 2.05) is 55.5 Å². The molecular formula is C18H18N2O2S. The van der Waals surface area contributed by atoms with Crippen molar-refractivity contribution in [3.05, 3.63) is 65.7 Å². The molecule has 0 saturated heterocycles. The van der Waals surface area contributed by atoms with Crippen molar-refractivity contribution in [1.29, 1.82) is 0 Å². The van der Waals surface area contributed by atoms with Gasteiger partial charge < -0.3 is 10.1 Å². The smallest absolute Gasteiger partial charge is 0.250 e. The quantitative estimate of drug-likeness (QED) is 0.667. The van der Waals surface area contributed by atoms with E-state index in [0.717, 1.165) is 22.6 Å². The van der Waals surface area contributed by atoms with E-state index in [1.54, 1.807) is 13.2 Å². The fraction of sp³-hybridized carbons (Fsp3) is 0.111. The lowest BCUT2D eigenvalue weighted by molar-refractivity contribution is -0.115. The maximum absolute atomic E-state index is 11.9. The number of carbonyl (C=O) groups is 1. The van der Waals surface area contributed by atoms with E-state index < -0.39 is 0 Å². The molecule has 4 nitrogen and oxygen atoms in total. The van der Waals surface area contributed by atoms with Crippen molar-refractivity contribution in [2.45, 2.75) is 6.92 Å². The van der Waals surface area contributed by atoms with Crippen LogP contribution >= 0.6 is 12.2 Å². The number of methoxy groups -OCH3 is 1. The van der Waals surface area contributed by atoms with E-state index in [1.165, 1.54) is 6.08 Å². The number of nitrogens with one attached hydrogen (secondary N) is 2. The number of carbonyl (C=O) groups excluding carboxylic acids is 1. The van der Waals surface area contributed by atoms with Gasteiger partial charge in [-0.15, -0.1) is 0 Å². The van der Waals surface area contributed by atoms with E-state index in [2.05, 4.69) is 10.6 Å². The molecule has 118 valence electrons. The van der Waals surface area contributed by atoms with Gasteiger partial charge in [0.15, 0.2) is 5.11 Å². The second-order valence-electron chi connectivity index (χ2n) is 4.92. The molecule has 0 aromatic heterocycles. The van der Waals surface area contributed by atoms with Gasteiger partial charge in [-0.05, 0) is 60.6 Å². The highest BCUT2D eigenvalue weighted by Gasteiger charge is 2.01. The van der Waals surface area contributed by atoms with Crippen LogP contribution in [-0.2, 0) is 4.79 Å². The predicted octanol–water partition coefficient (Wildman–Crippen LogP) is 3.53. The highest BCUT2D eigenvalue weighted by atomic mass is 32.1. The second-order valence-corrected chi connectivity index (χ2v) is 5.33. The van der Waals surface area contributed by atoms with Crippen LogP contribution in [0.2, 0.25) is 0 Å². The summed E-state index contributed by atoms with van der Waals surface area (Å²) in [6, 6.07) is 15.2. The SMILES string of the molecule is COc1ccc(/C=C/C(=O)NC(=S)Nc2cccc(C)c2)cc1. The largest absolute Gasteiger partial charge is 0.497 e. The zero-order valence-corrected chi connectivity index (χ0v) is 13.8. The topological polar surface area (TPSA) is 50.4 Å². The normalized spacial score (nSPS) is 10.3. The molecule has 2 aromatic carbocycles. The molecule has 0 heterocycles. The summed E-state index contributed by atoms with van der Waals surface area (Å²) in [5.74, 6) is 0.487. The van der Waals surface area contributed by atoms with Crippen LogP contribution in [0, 0.1) is 6.92 Å². The Kier molecular flexibility index (Phi) is 5.88. The number of hydrogen-bond donors (Lipinski definition) is 2. The Morgan fingerprint density at radius 2 is 1.91 bits per heavy atom. The molecule has 0 aliphatic carbocycles. The molecular weight excluding hydrogens is 308 g/mol.